The second-order valence-corrected chi connectivity index (χ2v) is 5.47. The molecule has 19 heavy (non-hydrogen) atoms. The molecule has 1 aliphatic rings. The van der Waals surface area contributed by atoms with Crippen LogP contribution in [0.1, 0.15) is 49.1 Å². The Labute approximate surface area is 118 Å². The van der Waals surface area contributed by atoms with Gasteiger partial charge in [-0.05, 0) is 48.9 Å². The molecule has 1 atom stereocenters. The predicted molar refractivity (Wildman–Crippen MR) is 73.3 cm³/mol. The van der Waals surface area contributed by atoms with Gasteiger partial charge in [-0.3, -0.25) is 4.79 Å². The third-order valence-electron chi connectivity index (χ3n) is 3.77. The summed E-state index contributed by atoms with van der Waals surface area (Å²) in [5, 5.41) is 12.3. The van der Waals surface area contributed by atoms with Crippen LogP contribution >= 0.6 is 11.6 Å². The van der Waals surface area contributed by atoms with Crippen molar-refractivity contribution in [2.24, 2.45) is 5.92 Å². The molecule has 1 unspecified atom stereocenters. The SMILES string of the molecule is O=C(NC(CCO)C1CCCCC1)c1ccc(Cl)o1. The second-order valence-electron chi connectivity index (χ2n) is 5.09. The number of furan rings is 1. The van der Waals surface area contributed by atoms with Crippen molar-refractivity contribution in [1.29, 1.82) is 0 Å². The Morgan fingerprint density at radius 2 is 2.16 bits per heavy atom. The summed E-state index contributed by atoms with van der Waals surface area (Å²) in [6.45, 7) is 0.0837. The van der Waals surface area contributed by atoms with Crippen molar-refractivity contribution in [1.82, 2.24) is 5.32 Å². The lowest BCUT2D eigenvalue weighted by Gasteiger charge is -2.30. The quantitative estimate of drug-likeness (QED) is 0.874. The number of aliphatic hydroxyl groups excluding tert-OH is 1. The molecule has 2 N–H and O–H groups in total. The fourth-order valence-corrected chi connectivity index (χ4v) is 2.92. The van der Waals surface area contributed by atoms with Crippen LogP contribution in [0, 0.1) is 5.92 Å². The summed E-state index contributed by atoms with van der Waals surface area (Å²) in [5.74, 6) is 0.426. The van der Waals surface area contributed by atoms with Crippen LogP contribution in [-0.2, 0) is 0 Å². The number of aliphatic hydroxyl groups is 1. The third kappa shape index (κ3) is 3.98. The van der Waals surface area contributed by atoms with Gasteiger partial charge in [-0.1, -0.05) is 19.3 Å². The minimum absolute atomic E-state index is 0.0154. The van der Waals surface area contributed by atoms with Gasteiger partial charge in [0.1, 0.15) is 0 Å². The van der Waals surface area contributed by atoms with Crippen molar-refractivity contribution in [3.05, 3.63) is 23.1 Å². The van der Waals surface area contributed by atoms with Gasteiger partial charge in [0.05, 0.1) is 0 Å². The number of hydrogen-bond donors (Lipinski definition) is 2. The van der Waals surface area contributed by atoms with Crippen LogP contribution in [-0.4, -0.2) is 23.7 Å². The van der Waals surface area contributed by atoms with Gasteiger partial charge in [-0.25, -0.2) is 0 Å². The number of carbonyl (C=O) groups is 1. The molecule has 0 bridgehead atoms. The van der Waals surface area contributed by atoms with E-state index in [1.807, 2.05) is 0 Å². The van der Waals surface area contributed by atoms with Gasteiger partial charge in [0.15, 0.2) is 11.0 Å². The van der Waals surface area contributed by atoms with Crippen molar-refractivity contribution in [2.45, 2.75) is 44.6 Å². The summed E-state index contributed by atoms with van der Waals surface area (Å²) in [4.78, 5) is 12.0. The van der Waals surface area contributed by atoms with Gasteiger partial charge in [0.2, 0.25) is 0 Å². The number of nitrogens with one attached hydrogen (secondary N) is 1. The van der Waals surface area contributed by atoms with Crippen LogP contribution in [0.5, 0.6) is 0 Å². The lowest BCUT2D eigenvalue weighted by Crippen LogP contribution is -2.41. The molecule has 1 aromatic heterocycles. The highest BCUT2D eigenvalue weighted by Gasteiger charge is 2.25. The molecule has 4 nitrogen and oxygen atoms in total. The normalized spacial score (nSPS) is 18.2. The maximum Gasteiger partial charge on any atom is 0.287 e. The highest BCUT2D eigenvalue weighted by Crippen LogP contribution is 2.28. The summed E-state index contributed by atoms with van der Waals surface area (Å²) in [5.41, 5.74) is 0. The Bertz CT molecular complexity index is 413. The number of amides is 1. The number of halogens is 1. The topological polar surface area (TPSA) is 62.5 Å². The molecule has 1 aromatic rings. The summed E-state index contributed by atoms with van der Waals surface area (Å²) in [6.07, 6.45) is 6.49. The summed E-state index contributed by atoms with van der Waals surface area (Å²) >= 11 is 5.66. The number of carbonyl (C=O) groups excluding carboxylic acids is 1. The lowest BCUT2D eigenvalue weighted by molar-refractivity contribution is 0.0871. The second kappa shape index (κ2) is 6.96. The van der Waals surface area contributed by atoms with Crippen LogP contribution < -0.4 is 5.32 Å². The molecule has 106 valence electrons. The van der Waals surface area contributed by atoms with Crippen LogP contribution in [0.3, 0.4) is 0 Å². The molecule has 0 aromatic carbocycles. The number of rotatable bonds is 5. The van der Waals surface area contributed by atoms with Gasteiger partial charge in [0.25, 0.3) is 5.91 Å². The maximum absolute atomic E-state index is 12.0. The molecular formula is C14H20ClNO3. The van der Waals surface area contributed by atoms with E-state index in [1.165, 1.54) is 19.3 Å². The van der Waals surface area contributed by atoms with Crippen molar-refractivity contribution in [3.63, 3.8) is 0 Å². The highest BCUT2D eigenvalue weighted by molar-refractivity contribution is 6.29. The number of hydrogen-bond acceptors (Lipinski definition) is 3. The fourth-order valence-electron chi connectivity index (χ4n) is 2.78. The van der Waals surface area contributed by atoms with Crippen LogP contribution in [0.15, 0.2) is 16.5 Å². The van der Waals surface area contributed by atoms with E-state index in [1.54, 1.807) is 12.1 Å². The van der Waals surface area contributed by atoms with Crippen LogP contribution in [0.4, 0.5) is 0 Å². The smallest absolute Gasteiger partial charge is 0.287 e. The van der Waals surface area contributed by atoms with E-state index in [9.17, 15) is 4.79 Å². The molecule has 1 heterocycles. The van der Waals surface area contributed by atoms with Crippen molar-refractivity contribution in [2.75, 3.05) is 6.61 Å². The Morgan fingerprint density at radius 3 is 2.74 bits per heavy atom. The van der Waals surface area contributed by atoms with Gasteiger partial charge in [-0.15, -0.1) is 0 Å². The largest absolute Gasteiger partial charge is 0.440 e. The van der Waals surface area contributed by atoms with Gasteiger partial charge < -0.3 is 14.8 Å². The predicted octanol–water partition coefficient (Wildman–Crippen LogP) is 2.99. The zero-order valence-corrected chi connectivity index (χ0v) is 11.7. The summed E-state index contributed by atoms with van der Waals surface area (Å²) < 4.78 is 5.10. The molecule has 0 radical (unpaired) electrons. The standard InChI is InChI=1S/C14H20ClNO3/c15-13-7-6-12(19-13)14(18)16-11(8-9-17)10-4-2-1-3-5-10/h6-7,10-11,17H,1-5,8-9H2,(H,16,18). The third-order valence-corrected chi connectivity index (χ3v) is 3.98. The molecule has 1 aliphatic carbocycles. The van der Waals surface area contributed by atoms with E-state index in [4.69, 9.17) is 21.1 Å². The average Bonchev–Trinajstić information content (AvgIpc) is 2.86. The Morgan fingerprint density at radius 1 is 1.42 bits per heavy atom. The minimum atomic E-state index is -0.254. The molecular weight excluding hydrogens is 266 g/mol. The monoisotopic (exact) mass is 285 g/mol. The van der Waals surface area contributed by atoms with Gasteiger partial charge in [0, 0.05) is 12.6 Å². The first-order valence-corrected chi connectivity index (χ1v) is 7.25. The van der Waals surface area contributed by atoms with Gasteiger partial charge >= 0.3 is 0 Å². The Hall–Kier alpha value is -1.00. The first-order chi connectivity index (χ1) is 9.20. The Kier molecular flexibility index (Phi) is 5.28. The molecule has 5 heteroatoms. The Balaban J connectivity index is 1.97. The molecule has 1 fully saturated rings. The van der Waals surface area contributed by atoms with Gasteiger partial charge in [-0.2, -0.15) is 0 Å². The zero-order chi connectivity index (χ0) is 13.7. The molecule has 0 saturated heterocycles. The fraction of sp³-hybridized carbons (Fsp3) is 0.643. The minimum Gasteiger partial charge on any atom is -0.440 e. The van der Waals surface area contributed by atoms with E-state index in [0.29, 0.717) is 12.3 Å². The van der Waals surface area contributed by atoms with E-state index in [0.717, 1.165) is 12.8 Å². The zero-order valence-electron chi connectivity index (χ0n) is 10.9. The van der Waals surface area contributed by atoms with E-state index < -0.39 is 0 Å². The van der Waals surface area contributed by atoms with E-state index >= 15 is 0 Å². The molecule has 2 rings (SSSR count). The van der Waals surface area contributed by atoms with Crippen molar-refractivity contribution in [3.8, 4) is 0 Å². The molecule has 1 saturated carbocycles. The van der Waals surface area contributed by atoms with E-state index in [-0.39, 0.29) is 29.5 Å². The average molecular weight is 286 g/mol. The molecule has 1 amide bonds. The first kappa shape index (κ1) is 14.4. The first-order valence-electron chi connectivity index (χ1n) is 6.88. The summed E-state index contributed by atoms with van der Waals surface area (Å²) in [7, 11) is 0. The lowest BCUT2D eigenvalue weighted by atomic mass is 9.82. The van der Waals surface area contributed by atoms with E-state index in [2.05, 4.69) is 5.32 Å². The maximum atomic E-state index is 12.0. The molecule has 0 spiro atoms. The van der Waals surface area contributed by atoms with Crippen molar-refractivity contribution >= 4 is 17.5 Å². The summed E-state index contributed by atoms with van der Waals surface area (Å²) in [6, 6.07) is 3.13. The van der Waals surface area contributed by atoms with Crippen molar-refractivity contribution < 1.29 is 14.3 Å². The van der Waals surface area contributed by atoms with Crippen LogP contribution in [0.2, 0.25) is 5.22 Å². The highest BCUT2D eigenvalue weighted by atomic mass is 35.5. The van der Waals surface area contributed by atoms with Crippen LogP contribution in [0.25, 0.3) is 0 Å². The molecule has 0 aliphatic heterocycles.